The first-order valence-electron chi connectivity index (χ1n) is 7.67. The van der Waals surface area contributed by atoms with E-state index in [0.29, 0.717) is 0 Å². The van der Waals surface area contributed by atoms with Crippen molar-refractivity contribution in [3.8, 4) is 0 Å². The van der Waals surface area contributed by atoms with E-state index in [-0.39, 0.29) is 11.9 Å². The van der Waals surface area contributed by atoms with E-state index in [2.05, 4.69) is 9.80 Å². The van der Waals surface area contributed by atoms with Gasteiger partial charge < -0.3 is 10.0 Å². The molecule has 118 valence electrons. The molecule has 0 amide bonds. The molecule has 1 saturated heterocycles. The summed E-state index contributed by atoms with van der Waals surface area (Å²) in [6.07, 6.45) is 0.423. The van der Waals surface area contributed by atoms with Crippen molar-refractivity contribution in [2.24, 2.45) is 0 Å². The van der Waals surface area contributed by atoms with E-state index in [9.17, 15) is 9.50 Å². The Labute approximate surface area is 134 Å². The molecule has 3 rings (SSSR count). The molecule has 5 heteroatoms. The van der Waals surface area contributed by atoms with Crippen molar-refractivity contribution in [2.45, 2.75) is 12.5 Å². The molecule has 2 aromatic rings. The van der Waals surface area contributed by atoms with Crippen LogP contribution < -0.4 is 4.90 Å². The van der Waals surface area contributed by atoms with Crippen LogP contribution in [0.15, 0.2) is 41.8 Å². The monoisotopic (exact) mass is 320 g/mol. The molecule has 1 atom stereocenters. The summed E-state index contributed by atoms with van der Waals surface area (Å²) in [5, 5.41) is 12.1. The van der Waals surface area contributed by atoms with E-state index < -0.39 is 0 Å². The third-order valence-electron chi connectivity index (χ3n) is 4.15. The molecule has 0 saturated carbocycles. The molecule has 1 aliphatic heterocycles. The quantitative estimate of drug-likeness (QED) is 0.917. The van der Waals surface area contributed by atoms with Crippen molar-refractivity contribution in [2.75, 3.05) is 37.6 Å². The van der Waals surface area contributed by atoms with Crippen molar-refractivity contribution in [3.63, 3.8) is 0 Å². The van der Waals surface area contributed by atoms with E-state index >= 15 is 0 Å². The smallest absolute Gasteiger partial charge is 0.123 e. The van der Waals surface area contributed by atoms with Gasteiger partial charge in [-0.25, -0.2) is 4.39 Å². The minimum atomic E-state index is -0.352. The zero-order valence-electron chi connectivity index (χ0n) is 12.5. The minimum absolute atomic E-state index is 0.190. The highest BCUT2D eigenvalue weighted by molar-refractivity contribution is 7.10. The number of hydrogen-bond acceptors (Lipinski definition) is 4. The van der Waals surface area contributed by atoms with Crippen LogP contribution in [0.25, 0.3) is 0 Å². The molecule has 3 nitrogen and oxygen atoms in total. The Morgan fingerprint density at radius 3 is 2.45 bits per heavy atom. The van der Waals surface area contributed by atoms with Gasteiger partial charge in [0.05, 0.1) is 6.10 Å². The fourth-order valence-electron chi connectivity index (χ4n) is 2.81. The second-order valence-corrected chi connectivity index (χ2v) is 6.60. The van der Waals surface area contributed by atoms with Crippen LogP contribution in [-0.4, -0.2) is 42.7 Å². The summed E-state index contributed by atoms with van der Waals surface area (Å²) in [6, 6.07) is 10.7. The molecule has 1 aromatic carbocycles. The number of aliphatic hydroxyl groups excluding tert-OH is 1. The summed E-state index contributed by atoms with van der Waals surface area (Å²) in [4.78, 5) is 5.72. The molecular formula is C17H21FN2OS. The summed E-state index contributed by atoms with van der Waals surface area (Å²) in [6.45, 7) is 4.76. The maximum Gasteiger partial charge on any atom is 0.123 e. The maximum atomic E-state index is 13.0. The first-order valence-corrected chi connectivity index (χ1v) is 8.55. The summed E-state index contributed by atoms with van der Waals surface area (Å²) in [5.74, 6) is -0.190. The zero-order valence-corrected chi connectivity index (χ0v) is 13.3. The Morgan fingerprint density at radius 2 is 1.82 bits per heavy atom. The van der Waals surface area contributed by atoms with Gasteiger partial charge in [-0.1, -0.05) is 6.07 Å². The normalized spacial score (nSPS) is 17.6. The summed E-state index contributed by atoms with van der Waals surface area (Å²) in [5.41, 5.74) is 1.08. The van der Waals surface area contributed by atoms with Gasteiger partial charge in [-0.2, -0.15) is 0 Å². The fraction of sp³-hybridized carbons (Fsp3) is 0.412. The van der Waals surface area contributed by atoms with Gasteiger partial charge in [0.1, 0.15) is 5.82 Å². The first kappa shape index (κ1) is 15.5. The molecule has 1 aromatic heterocycles. The van der Waals surface area contributed by atoms with Crippen LogP contribution in [0.4, 0.5) is 10.1 Å². The predicted octanol–water partition coefficient (Wildman–Crippen LogP) is 3.13. The topological polar surface area (TPSA) is 26.7 Å². The Bertz CT molecular complexity index is 565. The highest BCUT2D eigenvalue weighted by atomic mass is 32.1. The molecule has 1 fully saturated rings. The molecule has 1 unspecified atom stereocenters. The highest BCUT2D eigenvalue weighted by Crippen LogP contribution is 2.22. The first-order chi connectivity index (χ1) is 10.7. The molecule has 2 heterocycles. The third-order valence-corrected chi connectivity index (χ3v) is 5.13. The second kappa shape index (κ2) is 7.22. The van der Waals surface area contributed by atoms with Crippen molar-refractivity contribution in [1.82, 2.24) is 4.90 Å². The number of piperazine rings is 1. The zero-order chi connectivity index (χ0) is 15.4. The maximum absolute atomic E-state index is 13.0. The number of halogens is 1. The molecular weight excluding hydrogens is 299 g/mol. The largest absolute Gasteiger partial charge is 0.388 e. The minimum Gasteiger partial charge on any atom is -0.388 e. The SMILES string of the molecule is OC(CCN1CCN(c2ccc(F)cc2)CC1)c1cccs1. The van der Waals surface area contributed by atoms with Crippen LogP contribution in [0.3, 0.4) is 0 Å². The summed E-state index contributed by atoms with van der Waals surface area (Å²) < 4.78 is 13.0. The van der Waals surface area contributed by atoms with Crippen LogP contribution >= 0.6 is 11.3 Å². The lowest BCUT2D eigenvalue weighted by molar-refractivity contribution is 0.142. The lowest BCUT2D eigenvalue weighted by Crippen LogP contribution is -2.46. The summed E-state index contributed by atoms with van der Waals surface area (Å²) in [7, 11) is 0. The molecule has 1 N–H and O–H groups in total. The van der Waals surface area contributed by atoms with Gasteiger partial charge in [0.25, 0.3) is 0 Å². The van der Waals surface area contributed by atoms with Gasteiger partial charge in [0.15, 0.2) is 0 Å². The van der Waals surface area contributed by atoms with Gasteiger partial charge >= 0.3 is 0 Å². The van der Waals surface area contributed by atoms with E-state index in [4.69, 9.17) is 0 Å². The van der Waals surface area contributed by atoms with Gasteiger partial charge in [0, 0.05) is 43.3 Å². The molecule has 0 spiro atoms. The third kappa shape index (κ3) is 3.85. The van der Waals surface area contributed by atoms with Gasteiger partial charge in [-0.3, -0.25) is 4.90 Å². The van der Waals surface area contributed by atoms with Crippen LogP contribution in [0, 0.1) is 5.82 Å². The van der Waals surface area contributed by atoms with Gasteiger partial charge in [-0.05, 0) is 42.1 Å². The highest BCUT2D eigenvalue weighted by Gasteiger charge is 2.18. The van der Waals surface area contributed by atoms with Crippen LogP contribution in [0.5, 0.6) is 0 Å². The molecule has 0 radical (unpaired) electrons. The summed E-state index contributed by atoms with van der Waals surface area (Å²) >= 11 is 1.61. The Balaban J connectivity index is 1.44. The second-order valence-electron chi connectivity index (χ2n) is 5.62. The van der Waals surface area contributed by atoms with E-state index in [1.54, 1.807) is 11.3 Å². The van der Waals surface area contributed by atoms with Gasteiger partial charge in [-0.15, -0.1) is 11.3 Å². The van der Waals surface area contributed by atoms with Gasteiger partial charge in [0.2, 0.25) is 0 Å². The lowest BCUT2D eigenvalue weighted by Gasteiger charge is -2.36. The molecule has 1 aliphatic rings. The number of thiophene rings is 1. The lowest BCUT2D eigenvalue weighted by atomic mass is 10.2. The van der Waals surface area contributed by atoms with Crippen molar-refractivity contribution in [1.29, 1.82) is 0 Å². The van der Waals surface area contributed by atoms with Crippen molar-refractivity contribution >= 4 is 17.0 Å². The predicted molar refractivity (Wildman–Crippen MR) is 88.9 cm³/mol. The molecule has 0 aliphatic carbocycles. The van der Waals surface area contributed by atoms with E-state index in [1.165, 1.54) is 12.1 Å². The standard InChI is InChI=1S/C17H21FN2OS/c18-14-3-5-15(6-4-14)20-11-9-19(10-12-20)8-7-16(21)17-2-1-13-22-17/h1-6,13,16,21H,7-12H2. The number of nitrogens with zero attached hydrogens (tertiary/aromatic N) is 2. The Morgan fingerprint density at radius 1 is 1.09 bits per heavy atom. The van der Waals surface area contributed by atoms with E-state index in [0.717, 1.165) is 49.7 Å². The van der Waals surface area contributed by atoms with E-state index in [1.807, 2.05) is 29.6 Å². The van der Waals surface area contributed by atoms with Crippen molar-refractivity contribution in [3.05, 3.63) is 52.5 Å². The number of benzene rings is 1. The number of aliphatic hydroxyl groups is 1. The average Bonchev–Trinajstić information content (AvgIpc) is 3.08. The van der Waals surface area contributed by atoms with Crippen molar-refractivity contribution < 1.29 is 9.50 Å². The average molecular weight is 320 g/mol. The molecule has 0 bridgehead atoms. The fourth-order valence-corrected chi connectivity index (χ4v) is 3.56. The molecule has 22 heavy (non-hydrogen) atoms. The van der Waals surface area contributed by atoms with Crippen LogP contribution in [0.1, 0.15) is 17.4 Å². The number of anilines is 1. The number of hydrogen-bond donors (Lipinski definition) is 1. The Kier molecular flexibility index (Phi) is 5.08. The van der Waals surface area contributed by atoms with Crippen LogP contribution in [0.2, 0.25) is 0 Å². The Hall–Kier alpha value is -1.43. The van der Waals surface area contributed by atoms with Crippen LogP contribution in [-0.2, 0) is 0 Å². The number of rotatable bonds is 5.